The van der Waals surface area contributed by atoms with Gasteiger partial charge in [-0.3, -0.25) is 4.68 Å². The van der Waals surface area contributed by atoms with Crippen LogP contribution in [0.3, 0.4) is 0 Å². The first-order chi connectivity index (χ1) is 14.1. The van der Waals surface area contributed by atoms with Gasteiger partial charge < -0.3 is 14.7 Å². The highest BCUT2D eigenvalue weighted by atomic mass is 16.6. The molecule has 0 radical (unpaired) electrons. The fraction of sp³-hybridized carbons (Fsp3) is 0.227. The van der Waals surface area contributed by atoms with Gasteiger partial charge >= 0.3 is 12.1 Å². The highest BCUT2D eigenvalue weighted by Gasteiger charge is 2.31. The highest BCUT2D eigenvalue weighted by molar-refractivity contribution is 5.88. The van der Waals surface area contributed by atoms with Crippen LogP contribution in [-0.4, -0.2) is 45.0 Å². The topological polar surface area (TPSA) is 84.7 Å². The van der Waals surface area contributed by atoms with Crippen molar-refractivity contribution in [3.05, 3.63) is 77.1 Å². The Kier molecular flexibility index (Phi) is 4.08. The number of aromatic carboxylic acids is 1. The molecule has 0 bridgehead atoms. The van der Waals surface area contributed by atoms with Crippen LogP contribution in [-0.2, 0) is 17.8 Å². The molecule has 1 amide bonds. The van der Waals surface area contributed by atoms with Gasteiger partial charge in [-0.1, -0.05) is 48.5 Å². The molecule has 0 saturated heterocycles. The summed E-state index contributed by atoms with van der Waals surface area (Å²) >= 11 is 0. The molecule has 29 heavy (non-hydrogen) atoms. The molecule has 0 saturated carbocycles. The molecule has 1 aliphatic heterocycles. The molecule has 2 aromatic carbocycles. The Bertz CT molecular complexity index is 1080. The maximum Gasteiger partial charge on any atom is 0.410 e. The number of carboxylic acid groups (broad SMARTS) is 1. The van der Waals surface area contributed by atoms with Gasteiger partial charge in [-0.05, 0) is 22.3 Å². The fourth-order valence-corrected chi connectivity index (χ4v) is 4.27. The number of ether oxygens (including phenoxy) is 1. The largest absolute Gasteiger partial charge is 0.478 e. The molecule has 0 atom stereocenters. The number of benzene rings is 2. The van der Waals surface area contributed by atoms with Crippen LogP contribution in [0, 0.1) is 0 Å². The normalized spacial score (nSPS) is 14.8. The SMILES string of the molecule is O=C(O)c1cnn2c1CN(C(=O)OCC1c3ccccc3-c3ccccc31)CC2. The van der Waals surface area contributed by atoms with Crippen molar-refractivity contribution in [1.82, 2.24) is 14.7 Å². The minimum absolute atomic E-state index is 0.00347. The second-order valence-corrected chi connectivity index (χ2v) is 7.26. The van der Waals surface area contributed by atoms with Crippen molar-refractivity contribution >= 4 is 12.1 Å². The van der Waals surface area contributed by atoms with E-state index < -0.39 is 12.1 Å². The van der Waals surface area contributed by atoms with Gasteiger partial charge in [0.05, 0.1) is 25.0 Å². The van der Waals surface area contributed by atoms with Gasteiger partial charge in [-0.15, -0.1) is 0 Å². The minimum atomic E-state index is -1.04. The number of amides is 1. The van der Waals surface area contributed by atoms with E-state index in [-0.39, 0.29) is 24.6 Å². The first kappa shape index (κ1) is 17.5. The zero-order chi connectivity index (χ0) is 20.0. The van der Waals surface area contributed by atoms with Gasteiger partial charge in [0.15, 0.2) is 0 Å². The quantitative estimate of drug-likeness (QED) is 0.743. The number of nitrogens with zero attached hydrogens (tertiary/aromatic N) is 3. The van der Waals surface area contributed by atoms with Crippen molar-refractivity contribution < 1.29 is 19.4 Å². The Labute approximate surface area is 167 Å². The maximum absolute atomic E-state index is 12.7. The second kappa shape index (κ2) is 6.77. The van der Waals surface area contributed by atoms with Crippen molar-refractivity contribution in [3.8, 4) is 11.1 Å². The van der Waals surface area contributed by atoms with Crippen LogP contribution in [0.15, 0.2) is 54.7 Å². The molecule has 1 aliphatic carbocycles. The number of carbonyl (C=O) groups excluding carboxylic acids is 1. The Balaban J connectivity index is 1.33. The number of carbonyl (C=O) groups is 2. The summed E-state index contributed by atoms with van der Waals surface area (Å²) in [5.74, 6) is -1.04. The van der Waals surface area contributed by atoms with Gasteiger partial charge in [0.25, 0.3) is 0 Å². The summed E-state index contributed by atoms with van der Waals surface area (Å²) in [4.78, 5) is 25.6. The van der Waals surface area contributed by atoms with Crippen molar-refractivity contribution in [2.24, 2.45) is 0 Å². The van der Waals surface area contributed by atoms with E-state index in [9.17, 15) is 14.7 Å². The lowest BCUT2D eigenvalue weighted by atomic mass is 9.98. The summed E-state index contributed by atoms with van der Waals surface area (Å²) in [6.07, 6.45) is 0.898. The molecule has 0 unspecified atom stereocenters. The standard InChI is InChI=1S/C22H19N3O4/c26-21(27)18-11-23-25-10-9-24(12-20(18)25)22(28)29-13-19-16-7-3-1-5-14(16)15-6-2-4-8-17(15)19/h1-8,11,19H,9-10,12-13H2,(H,26,27). The number of carboxylic acids is 1. The Morgan fingerprint density at radius 3 is 2.34 bits per heavy atom. The third-order valence-electron chi connectivity index (χ3n) is 5.70. The maximum atomic E-state index is 12.7. The van der Waals surface area contributed by atoms with Crippen molar-refractivity contribution in [2.75, 3.05) is 13.2 Å². The van der Waals surface area contributed by atoms with E-state index in [1.54, 1.807) is 4.68 Å². The Morgan fingerprint density at radius 2 is 1.69 bits per heavy atom. The number of hydrogen-bond acceptors (Lipinski definition) is 4. The van der Waals surface area contributed by atoms with Crippen LogP contribution in [0.1, 0.15) is 33.1 Å². The first-order valence-electron chi connectivity index (χ1n) is 9.51. The minimum Gasteiger partial charge on any atom is -0.478 e. The van der Waals surface area contributed by atoms with Crippen LogP contribution in [0.2, 0.25) is 0 Å². The van der Waals surface area contributed by atoms with Crippen LogP contribution >= 0.6 is 0 Å². The van der Waals surface area contributed by atoms with Crippen molar-refractivity contribution in [2.45, 2.75) is 19.0 Å². The van der Waals surface area contributed by atoms with Crippen LogP contribution in [0.5, 0.6) is 0 Å². The fourth-order valence-electron chi connectivity index (χ4n) is 4.27. The lowest BCUT2D eigenvalue weighted by Gasteiger charge is -2.28. The molecular weight excluding hydrogens is 370 g/mol. The summed E-state index contributed by atoms with van der Waals surface area (Å²) in [6.45, 7) is 1.31. The smallest absolute Gasteiger partial charge is 0.410 e. The van der Waals surface area contributed by atoms with E-state index in [2.05, 4.69) is 29.4 Å². The molecule has 5 rings (SSSR count). The molecule has 0 spiro atoms. The molecule has 3 aromatic rings. The number of rotatable bonds is 3. The van der Waals surface area contributed by atoms with Gasteiger partial charge in [0, 0.05) is 12.5 Å². The molecule has 1 N–H and O–H groups in total. The summed E-state index contributed by atoms with van der Waals surface area (Å²) in [5.41, 5.74) is 5.32. The van der Waals surface area contributed by atoms with Gasteiger partial charge in [-0.25, -0.2) is 9.59 Å². The van der Waals surface area contributed by atoms with Gasteiger partial charge in [0.2, 0.25) is 0 Å². The van der Waals surface area contributed by atoms with Crippen molar-refractivity contribution in [1.29, 1.82) is 0 Å². The van der Waals surface area contributed by atoms with E-state index in [0.29, 0.717) is 18.8 Å². The average molecular weight is 389 g/mol. The first-order valence-corrected chi connectivity index (χ1v) is 9.51. The van der Waals surface area contributed by atoms with Crippen LogP contribution < -0.4 is 0 Å². The van der Waals surface area contributed by atoms with E-state index >= 15 is 0 Å². The lowest BCUT2D eigenvalue weighted by molar-refractivity contribution is 0.0685. The van der Waals surface area contributed by atoms with E-state index in [1.165, 1.54) is 22.2 Å². The molecule has 2 aliphatic rings. The predicted molar refractivity (Wildman–Crippen MR) is 105 cm³/mol. The number of aromatic nitrogens is 2. The average Bonchev–Trinajstić information content (AvgIpc) is 3.31. The zero-order valence-corrected chi connectivity index (χ0v) is 15.6. The molecule has 146 valence electrons. The molecule has 1 aromatic heterocycles. The molecular formula is C22H19N3O4. The predicted octanol–water partition coefficient (Wildman–Crippen LogP) is 3.35. The van der Waals surface area contributed by atoms with E-state index in [4.69, 9.17) is 4.74 Å². The lowest BCUT2D eigenvalue weighted by Crippen LogP contribution is -2.39. The molecule has 7 nitrogen and oxygen atoms in total. The van der Waals surface area contributed by atoms with Crippen LogP contribution in [0.25, 0.3) is 11.1 Å². The summed E-state index contributed by atoms with van der Waals surface area (Å²) in [6, 6.07) is 16.4. The van der Waals surface area contributed by atoms with Gasteiger partial charge in [0.1, 0.15) is 12.2 Å². The monoisotopic (exact) mass is 389 g/mol. The Hall–Kier alpha value is -3.61. The second-order valence-electron chi connectivity index (χ2n) is 7.26. The summed E-state index contributed by atoms with van der Waals surface area (Å²) < 4.78 is 7.32. The zero-order valence-electron chi connectivity index (χ0n) is 15.6. The number of fused-ring (bicyclic) bond motifs is 4. The van der Waals surface area contributed by atoms with Gasteiger partial charge in [-0.2, -0.15) is 5.10 Å². The Morgan fingerprint density at radius 1 is 1.03 bits per heavy atom. The molecule has 2 heterocycles. The van der Waals surface area contributed by atoms with Crippen LogP contribution in [0.4, 0.5) is 4.79 Å². The third-order valence-corrected chi connectivity index (χ3v) is 5.70. The third kappa shape index (κ3) is 2.86. The highest BCUT2D eigenvalue weighted by Crippen LogP contribution is 2.44. The van der Waals surface area contributed by atoms with Crippen molar-refractivity contribution in [3.63, 3.8) is 0 Å². The molecule has 7 heteroatoms. The van der Waals surface area contributed by atoms with E-state index in [1.807, 2.05) is 24.3 Å². The van der Waals surface area contributed by atoms with E-state index in [0.717, 1.165) is 11.1 Å². The molecule has 0 fully saturated rings. The summed E-state index contributed by atoms with van der Waals surface area (Å²) in [5, 5.41) is 13.4. The number of hydrogen-bond donors (Lipinski definition) is 1. The summed E-state index contributed by atoms with van der Waals surface area (Å²) in [7, 11) is 0.